The van der Waals surface area contributed by atoms with Gasteiger partial charge in [-0.15, -0.1) is 0 Å². The molecule has 1 fully saturated rings. The first-order chi connectivity index (χ1) is 9.49. The molecule has 1 unspecified atom stereocenters. The molecule has 1 saturated heterocycles. The largest absolute Gasteiger partial charge is 0.368 e. The third-order valence-corrected chi connectivity index (χ3v) is 3.81. The van der Waals surface area contributed by atoms with Gasteiger partial charge in [-0.05, 0) is 31.9 Å². The van der Waals surface area contributed by atoms with Crippen LogP contribution in [0.5, 0.6) is 0 Å². The Morgan fingerprint density at radius 1 is 1.45 bits per heavy atom. The number of nitro groups is 1. The normalized spacial score (nSPS) is 16.0. The lowest BCUT2D eigenvalue weighted by molar-refractivity contribution is -0.384. The molecule has 7 heteroatoms. The molecule has 0 spiro atoms. The summed E-state index contributed by atoms with van der Waals surface area (Å²) in [5.41, 5.74) is 0.318. The number of likely N-dealkylation sites (tertiary alicyclic amines) is 1. The van der Waals surface area contributed by atoms with Crippen molar-refractivity contribution < 1.29 is 9.72 Å². The van der Waals surface area contributed by atoms with Gasteiger partial charge in [-0.1, -0.05) is 15.9 Å². The van der Waals surface area contributed by atoms with Crippen molar-refractivity contribution in [3.63, 3.8) is 0 Å². The minimum atomic E-state index is -0.485. The van der Waals surface area contributed by atoms with E-state index < -0.39 is 11.0 Å². The number of hydrogen-bond donors (Lipinski definition) is 1. The maximum absolute atomic E-state index is 12.2. The molecular weight excluding hydrogens is 326 g/mol. The van der Waals surface area contributed by atoms with Crippen LogP contribution < -0.4 is 5.32 Å². The average molecular weight is 342 g/mol. The summed E-state index contributed by atoms with van der Waals surface area (Å²) >= 11 is 3.28. The molecule has 1 aliphatic rings. The minimum Gasteiger partial charge on any atom is -0.368 e. The Balaban J connectivity index is 2.14. The molecule has 20 heavy (non-hydrogen) atoms. The Hall–Kier alpha value is -1.63. The van der Waals surface area contributed by atoms with E-state index in [1.807, 2.05) is 0 Å². The van der Waals surface area contributed by atoms with E-state index in [0.717, 1.165) is 30.4 Å². The van der Waals surface area contributed by atoms with E-state index in [-0.39, 0.29) is 11.6 Å². The van der Waals surface area contributed by atoms with E-state index >= 15 is 0 Å². The maximum atomic E-state index is 12.2. The number of rotatable bonds is 4. The highest BCUT2D eigenvalue weighted by Crippen LogP contribution is 2.28. The Morgan fingerprint density at radius 3 is 2.70 bits per heavy atom. The fraction of sp³-hybridized carbons (Fsp3) is 0.462. The third-order valence-electron chi connectivity index (χ3n) is 3.32. The lowest BCUT2D eigenvalue weighted by Gasteiger charge is -2.21. The number of amides is 1. The summed E-state index contributed by atoms with van der Waals surface area (Å²) in [5, 5.41) is 13.9. The molecule has 2 rings (SSSR count). The van der Waals surface area contributed by atoms with E-state index in [0.29, 0.717) is 5.69 Å². The van der Waals surface area contributed by atoms with Crippen molar-refractivity contribution in [1.82, 2.24) is 4.90 Å². The molecule has 1 heterocycles. The monoisotopic (exact) mass is 341 g/mol. The summed E-state index contributed by atoms with van der Waals surface area (Å²) in [5.74, 6) is -0.0169. The first-order valence-corrected chi connectivity index (χ1v) is 7.27. The van der Waals surface area contributed by atoms with Crippen molar-refractivity contribution >= 4 is 33.2 Å². The second kappa shape index (κ2) is 6.21. The molecule has 0 bridgehead atoms. The summed E-state index contributed by atoms with van der Waals surface area (Å²) in [6, 6.07) is 4.16. The van der Waals surface area contributed by atoms with Crippen molar-refractivity contribution in [1.29, 1.82) is 0 Å². The number of hydrogen-bond acceptors (Lipinski definition) is 4. The van der Waals surface area contributed by atoms with Gasteiger partial charge in [0.1, 0.15) is 11.7 Å². The van der Waals surface area contributed by atoms with E-state index in [4.69, 9.17) is 0 Å². The summed E-state index contributed by atoms with van der Waals surface area (Å²) < 4.78 is 0.728. The number of carbonyl (C=O) groups is 1. The smallest absolute Gasteiger partial charge is 0.292 e. The molecule has 0 aromatic heterocycles. The molecule has 0 radical (unpaired) electrons. The standard InChI is InChI=1S/C13H16BrN3O3/c1-9(13(18)16-6-2-3-7-16)15-11-8-10(14)4-5-12(11)17(19)20/h4-5,8-9,15H,2-3,6-7H2,1H3. The number of nitro benzene ring substituents is 1. The van der Waals surface area contributed by atoms with Gasteiger partial charge in [-0.2, -0.15) is 0 Å². The molecule has 108 valence electrons. The summed E-state index contributed by atoms with van der Waals surface area (Å²) in [4.78, 5) is 24.5. The summed E-state index contributed by atoms with van der Waals surface area (Å²) in [6.07, 6.45) is 2.05. The van der Waals surface area contributed by atoms with Crippen LogP contribution in [-0.4, -0.2) is 34.9 Å². The van der Waals surface area contributed by atoms with Crippen molar-refractivity contribution in [2.24, 2.45) is 0 Å². The van der Waals surface area contributed by atoms with E-state index in [1.165, 1.54) is 6.07 Å². The Labute approximate surface area is 125 Å². The number of benzene rings is 1. The van der Waals surface area contributed by atoms with Gasteiger partial charge < -0.3 is 10.2 Å². The lowest BCUT2D eigenvalue weighted by Crippen LogP contribution is -2.39. The van der Waals surface area contributed by atoms with Crippen molar-refractivity contribution in [3.8, 4) is 0 Å². The van der Waals surface area contributed by atoms with Crippen molar-refractivity contribution in [3.05, 3.63) is 32.8 Å². The first kappa shape index (κ1) is 14.8. The van der Waals surface area contributed by atoms with E-state index in [1.54, 1.807) is 24.0 Å². The molecule has 1 aromatic carbocycles. The number of nitrogens with one attached hydrogen (secondary N) is 1. The molecule has 1 atom stereocenters. The van der Waals surface area contributed by atoms with Gasteiger partial charge in [0.2, 0.25) is 5.91 Å². The highest BCUT2D eigenvalue weighted by Gasteiger charge is 2.25. The Kier molecular flexibility index (Phi) is 4.59. The van der Waals surface area contributed by atoms with Crippen LogP contribution in [0.2, 0.25) is 0 Å². The fourth-order valence-electron chi connectivity index (χ4n) is 2.29. The zero-order chi connectivity index (χ0) is 14.7. The summed E-state index contributed by atoms with van der Waals surface area (Å²) in [6.45, 7) is 3.27. The quantitative estimate of drug-likeness (QED) is 0.674. The van der Waals surface area contributed by atoms with E-state index in [9.17, 15) is 14.9 Å². The van der Waals surface area contributed by atoms with Gasteiger partial charge in [0.15, 0.2) is 0 Å². The van der Waals surface area contributed by atoms with Crippen LogP contribution in [-0.2, 0) is 4.79 Å². The van der Waals surface area contributed by atoms with Gasteiger partial charge in [0.05, 0.1) is 4.92 Å². The molecule has 1 N–H and O–H groups in total. The average Bonchev–Trinajstić information content (AvgIpc) is 2.91. The highest BCUT2D eigenvalue weighted by molar-refractivity contribution is 9.10. The van der Waals surface area contributed by atoms with Crippen molar-refractivity contribution in [2.45, 2.75) is 25.8 Å². The zero-order valence-electron chi connectivity index (χ0n) is 11.1. The molecule has 6 nitrogen and oxygen atoms in total. The van der Waals surface area contributed by atoms with Crippen LogP contribution in [0.15, 0.2) is 22.7 Å². The molecule has 1 amide bonds. The van der Waals surface area contributed by atoms with Gasteiger partial charge >= 0.3 is 0 Å². The third kappa shape index (κ3) is 3.27. The van der Waals surface area contributed by atoms with Gasteiger partial charge in [0, 0.05) is 23.6 Å². The second-order valence-corrected chi connectivity index (χ2v) is 5.73. The zero-order valence-corrected chi connectivity index (χ0v) is 12.7. The Morgan fingerprint density at radius 2 is 2.10 bits per heavy atom. The van der Waals surface area contributed by atoms with Crippen LogP contribution in [0.3, 0.4) is 0 Å². The SMILES string of the molecule is CC(Nc1cc(Br)ccc1[N+](=O)[O-])C(=O)N1CCCC1. The van der Waals surface area contributed by atoms with Gasteiger partial charge in [-0.25, -0.2) is 0 Å². The molecule has 0 aliphatic carbocycles. The molecule has 1 aromatic rings. The maximum Gasteiger partial charge on any atom is 0.292 e. The number of carbonyl (C=O) groups excluding carboxylic acids is 1. The fourth-order valence-corrected chi connectivity index (χ4v) is 2.65. The van der Waals surface area contributed by atoms with Crippen LogP contribution in [0.4, 0.5) is 11.4 Å². The number of halogens is 1. The van der Waals surface area contributed by atoms with Crippen LogP contribution in [0.25, 0.3) is 0 Å². The Bertz CT molecular complexity index is 530. The van der Waals surface area contributed by atoms with Crippen molar-refractivity contribution in [2.75, 3.05) is 18.4 Å². The van der Waals surface area contributed by atoms with Crippen LogP contribution >= 0.6 is 15.9 Å². The number of anilines is 1. The topological polar surface area (TPSA) is 75.5 Å². The molecule has 0 saturated carbocycles. The number of nitrogens with zero attached hydrogens (tertiary/aromatic N) is 2. The minimum absolute atomic E-state index is 0.0169. The second-order valence-electron chi connectivity index (χ2n) is 4.82. The van der Waals surface area contributed by atoms with Crippen LogP contribution in [0.1, 0.15) is 19.8 Å². The van der Waals surface area contributed by atoms with E-state index in [2.05, 4.69) is 21.2 Å². The lowest BCUT2D eigenvalue weighted by atomic mass is 10.2. The first-order valence-electron chi connectivity index (χ1n) is 6.48. The van der Waals surface area contributed by atoms with Gasteiger partial charge in [-0.3, -0.25) is 14.9 Å². The predicted octanol–water partition coefficient (Wildman–Crippen LogP) is 2.78. The molecular formula is C13H16BrN3O3. The highest BCUT2D eigenvalue weighted by atomic mass is 79.9. The van der Waals surface area contributed by atoms with Crippen LogP contribution in [0, 0.1) is 10.1 Å². The summed E-state index contributed by atoms with van der Waals surface area (Å²) in [7, 11) is 0. The predicted molar refractivity (Wildman–Crippen MR) is 79.7 cm³/mol. The molecule has 1 aliphatic heterocycles. The van der Waals surface area contributed by atoms with Gasteiger partial charge in [0.25, 0.3) is 5.69 Å².